The van der Waals surface area contributed by atoms with Crippen LogP contribution in [0.15, 0.2) is 24.5 Å². The Morgan fingerprint density at radius 3 is 2.55 bits per heavy atom. The summed E-state index contributed by atoms with van der Waals surface area (Å²) < 4.78 is 0. The van der Waals surface area contributed by atoms with Gasteiger partial charge in [-0.05, 0) is 36.8 Å². The number of rotatable bonds is 1. The number of aromatic nitrogens is 1. The van der Waals surface area contributed by atoms with Crippen LogP contribution in [-0.4, -0.2) is 34.9 Å². The topological polar surface area (TPSA) is 59.2 Å². The first-order chi connectivity index (χ1) is 8.75. The highest BCUT2D eigenvalue weighted by Crippen LogP contribution is 2.35. The summed E-state index contributed by atoms with van der Waals surface area (Å²) in [4.78, 5) is 18.3. The number of likely N-dealkylation sites (tertiary alicyclic amines) is 1. The monoisotopic (exact) mass is 317 g/mol. The Morgan fingerprint density at radius 2 is 1.90 bits per heavy atom. The Bertz CT molecular complexity index is 443. The molecule has 1 amide bonds. The van der Waals surface area contributed by atoms with Crippen LogP contribution in [0, 0.1) is 11.8 Å². The fourth-order valence-corrected chi connectivity index (χ4v) is 3.36. The lowest BCUT2D eigenvalue weighted by molar-refractivity contribution is 0.0783. The minimum atomic E-state index is 0. The van der Waals surface area contributed by atoms with Gasteiger partial charge in [0.25, 0.3) is 5.91 Å². The lowest BCUT2D eigenvalue weighted by Gasteiger charge is -2.29. The summed E-state index contributed by atoms with van der Waals surface area (Å²) in [5.74, 6) is 1.24. The molecule has 2 fully saturated rings. The molecule has 1 saturated carbocycles. The second kappa shape index (κ2) is 7.25. The average molecular weight is 318 g/mol. The molecule has 1 aromatic rings. The highest BCUT2D eigenvalue weighted by Gasteiger charge is 2.40. The second-order valence-corrected chi connectivity index (χ2v) is 5.46. The molecule has 2 heterocycles. The third-order valence-corrected chi connectivity index (χ3v) is 4.37. The van der Waals surface area contributed by atoms with E-state index in [1.54, 1.807) is 24.5 Å². The molecule has 1 aliphatic heterocycles. The van der Waals surface area contributed by atoms with Gasteiger partial charge in [0.05, 0.1) is 0 Å². The lowest BCUT2D eigenvalue weighted by atomic mass is 9.78. The summed E-state index contributed by atoms with van der Waals surface area (Å²) in [6, 6.07) is 3.84. The van der Waals surface area contributed by atoms with Crippen LogP contribution in [0.1, 0.15) is 29.6 Å². The molecule has 1 saturated heterocycles. The number of hydrogen-bond acceptors (Lipinski definition) is 3. The van der Waals surface area contributed by atoms with Crippen LogP contribution in [0.4, 0.5) is 0 Å². The van der Waals surface area contributed by atoms with E-state index in [1.165, 1.54) is 12.8 Å². The summed E-state index contributed by atoms with van der Waals surface area (Å²) in [6.45, 7) is 1.70. The van der Waals surface area contributed by atoms with Gasteiger partial charge in [0.15, 0.2) is 0 Å². The number of carbonyl (C=O) groups excluding carboxylic acids is 1. The molecule has 20 heavy (non-hydrogen) atoms. The highest BCUT2D eigenvalue weighted by molar-refractivity contribution is 5.94. The number of fused-ring (bicyclic) bond motifs is 1. The summed E-state index contributed by atoms with van der Waals surface area (Å²) in [7, 11) is 0. The molecule has 112 valence electrons. The van der Waals surface area contributed by atoms with E-state index in [0.29, 0.717) is 11.8 Å². The molecule has 3 atom stereocenters. The van der Waals surface area contributed by atoms with Crippen molar-refractivity contribution in [3.05, 3.63) is 30.1 Å². The Kier molecular flexibility index (Phi) is 6.24. The van der Waals surface area contributed by atoms with Crippen LogP contribution in [0.25, 0.3) is 0 Å². The van der Waals surface area contributed by atoms with Crippen molar-refractivity contribution in [1.82, 2.24) is 9.88 Å². The van der Waals surface area contributed by atoms with Crippen molar-refractivity contribution in [3.63, 3.8) is 0 Å². The van der Waals surface area contributed by atoms with E-state index in [4.69, 9.17) is 5.73 Å². The smallest absolute Gasteiger partial charge is 0.253 e. The SMILES string of the molecule is Cl.Cl.NC1CCCC2CN(C(=O)c3ccncc3)CC12. The quantitative estimate of drug-likeness (QED) is 0.863. The molecule has 4 nitrogen and oxygen atoms in total. The Hall–Kier alpha value is -0.840. The van der Waals surface area contributed by atoms with Crippen molar-refractivity contribution in [2.75, 3.05) is 13.1 Å². The standard InChI is InChI=1S/C14H19N3O.2ClH/c15-13-3-1-2-11-8-17(9-12(11)13)14(18)10-4-6-16-7-5-10;;/h4-7,11-13H,1-3,8-9,15H2;2*1H. The first-order valence-corrected chi connectivity index (χ1v) is 6.70. The van der Waals surface area contributed by atoms with E-state index >= 15 is 0 Å². The molecular formula is C14H21Cl2N3O. The van der Waals surface area contributed by atoms with Crippen LogP contribution in [0.2, 0.25) is 0 Å². The van der Waals surface area contributed by atoms with Gasteiger partial charge in [-0.25, -0.2) is 0 Å². The Balaban J connectivity index is 0.000001000. The fourth-order valence-electron chi connectivity index (χ4n) is 3.36. The predicted molar refractivity (Wildman–Crippen MR) is 83.4 cm³/mol. The number of nitrogens with two attached hydrogens (primary N) is 1. The van der Waals surface area contributed by atoms with Crippen molar-refractivity contribution in [3.8, 4) is 0 Å². The van der Waals surface area contributed by atoms with Gasteiger partial charge in [-0.2, -0.15) is 0 Å². The molecule has 2 aliphatic rings. The van der Waals surface area contributed by atoms with Gasteiger partial charge in [0.2, 0.25) is 0 Å². The van der Waals surface area contributed by atoms with Crippen molar-refractivity contribution in [2.24, 2.45) is 17.6 Å². The molecule has 0 spiro atoms. The molecule has 6 heteroatoms. The first kappa shape index (κ1) is 17.2. The van der Waals surface area contributed by atoms with Gasteiger partial charge >= 0.3 is 0 Å². The number of carbonyl (C=O) groups is 1. The first-order valence-electron chi connectivity index (χ1n) is 6.70. The molecule has 0 bridgehead atoms. The van der Waals surface area contributed by atoms with E-state index in [9.17, 15) is 4.79 Å². The van der Waals surface area contributed by atoms with E-state index in [0.717, 1.165) is 25.1 Å². The van der Waals surface area contributed by atoms with Crippen molar-refractivity contribution >= 4 is 30.7 Å². The van der Waals surface area contributed by atoms with Gasteiger partial charge in [0.1, 0.15) is 0 Å². The second-order valence-electron chi connectivity index (χ2n) is 5.46. The fraction of sp³-hybridized carbons (Fsp3) is 0.571. The number of nitrogens with zero attached hydrogens (tertiary/aromatic N) is 2. The maximum Gasteiger partial charge on any atom is 0.253 e. The summed E-state index contributed by atoms with van der Waals surface area (Å²) in [5.41, 5.74) is 6.91. The number of hydrogen-bond donors (Lipinski definition) is 1. The van der Waals surface area contributed by atoms with Gasteiger partial charge in [0, 0.05) is 37.1 Å². The summed E-state index contributed by atoms with van der Waals surface area (Å²) in [5, 5.41) is 0. The van der Waals surface area contributed by atoms with Crippen LogP contribution in [-0.2, 0) is 0 Å². The van der Waals surface area contributed by atoms with E-state index in [1.807, 2.05) is 4.90 Å². The Labute approximate surface area is 131 Å². The van der Waals surface area contributed by atoms with Crippen LogP contribution < -0.4 is 5.73 Å². The molecule has 3 unspecified atom stereocenters. The zero-order valence-corrected chi connectivity index (χ0v) is 12.9. The highest BCUT2D eigenvalue weighted by atomic mass is 35.5. The number of pyridine rings is 1. The Morgan fingerprint density at radius 1 is 1.20 bits per heavy atom. The molecule has 1 aliphatic carbocycles. The van der Waals surface area contributed by atoms with Crippen LogP contribution >= 0.6 is 24.8 Å². The zero-order valence-electron chi connectivity index (χ0n) is 11.3. The maximum atomic E-state index is 12.4. The normalized spacial score (nSPS) is 28.1. The molecule has 0 aromatic carbocycles. The van der Waals surface area contributed by atoms with E-state index in [2.05, 4.69) is 4.98 Å². The molecule has 2 N–H and O–H groups in total. The number of amides is 1. The third-order valence-electron chi connectivity index (χ3n) is 4.37. The lowest BCUT2D eigenvalue weighted by Crippen LogP contribution is -2.38. The third kappa shape index (κ3) is 3.25. The van der Waals surface area contributed by atoms with Gasteiger partial charge < -0.3 is 10.6 Å². The van der Waals surface area contributed by atoms with Crippen molar-refractivity contribution < 1.29 is 4.79 Å². The van der Waals surface area contributed by atoms with Crippen molar-refractivity contribution in [1.29, 1.82) is 0 Å². The van der Waals surface area contributed by atoms with E-state index in [-0.39, 0.29) is 36.8 Å². The predicted octanol–water partition coefficient (Wildman–Crippen LogP) is 2.12. The van der Waals surface area contributed by atoms with Crippen LogP contribution in [0.3, 0.4) is 0 Å². The summed E-state index contributed by atoms with van der Waals surface area (Å²) >= 11 is 0. The molecule has 0 radical (unpaired) electrons. The van der Waals surface area contributed by atoms with Gasteiger partial charge in [-0.1, -0.05) is 6.42 Å². The van der Waals surface area contributed by atoms with Crippen LogP contribution in [0.5, 0.6) is 0 Å². The molecular weight excluding hydrogens is 297 g/mol. The van der Waals surface area contributed by atoms with Crippen molar-refractivity contribution in [2.45, 2.75) is 25.3 Å². The van der Waals surface area contributed by atoms with Gasteiger partial charge in [-0.3, -0.25) is 9.78 Å². The minimum Gasteiger partial charge on any atom is -0.338 e. The minimum absolute atomic E-state index is 0. The number of halogens is 2. The molecule has 1 aromatic heterocycles. The largest absolute Gasteiger partial charge is 0.338 e. The van der Waals surface area contributed by atoms with Gasteiger partial charge in [-0.15, -0.1) is 24.8 Å². The van der Waals surface area contributed by atoms with E-state index < -0.39 is 0 Å². The maximum absolute atomic E-state index is 12.4. The summed E-state index contributed by atoms with van der Waals surface area (Å²) in [6.07, 6.45) is 6.88. The average Bonchev–Trinajstić information content (AvgIpc) is 2.84. The molecule has 3 rings (SSSR count). The zero-order chi connectivity index (χ0) is 12.5.